The van der Waals surface area contributed by atoms with E-state index in [1.165, 1.54) is 12.1 Å². The molecule has 1 aliphatic rings. The van der Waals surface area contributed by atoms with Crippen molar-refractivity contribution < 1.29 is 14.5 Å². The molecule has 0 bridgehead atoms. The predicted octanol–water partition coefficient (Wildman–Crippen LogP) is 1.54. The van der Waals surface area contributed by atoms with Crippen molar-refractivity contribution in [3.8, 4) is 0 Å². The fourth-order valence-electron chi connectivity index (χ4n) is 2.35. The van der Waals surface area contributed by atoms with Gasteiger partial charge in [-0.2, -0.15) is 0 Å². The van der Waals surface area contributed by atoms with Gasteiger partial charge in [-0.3, -0.25) is 19.7 Å². The van der Waals surface area contributed by atoms with E-state index in [9.17, 15) is 19.7 Å². The second-order valence-electron chi connectivity index (χ2n) is 4.91. The molecule has 0 spiro atoms. The summed E-state index contributed by atoms with van der Waals surface area (Å²) >= 11 is 1.97. The van der Waals surface area contributed by atoms with Crippen molar-refractivity contribution >= 4 is 40.1 Å². The summed E-state index contributed by atoms with van der Waals surface area (Å²) in [5.41, 5.74) is 5.46. The van der Waals surface area contributed by atoms with Crippen LogP contribution in [0.5, 0.6) is 0 Å². The number of carbonyl (C=O) groups excluding carboxylic acids is 2. The zero-order valence-electron chi connectivity index (χ0n) is 11.1. The number of piperidine rings is 1. The maximum atomic E-state index is 12.5. The van der Waals surface area contributed by atoms with E-state index in [-0.39, 0.29) is 29.6 Å². The third-order valence-electron chi connectivity index (χ3n) is 3.50. The van der Waals surface area contributed by atoms with E-state index in [1.807, 2.05) is 22.6 Å². The van der Waals surface area contributed by atoms with Crippen LogP contribution in [0.1, 0.15) is 23.2 Å². The number of rotatable bonds is 3. The van der Waals surface area contributed by atoms with Crippen LogP contribution in [0, 0.1) is 19.6 Å². The molecule has 1 unspecified atom stereocenters. The molecule has 1 atom stereocenters. The molecule has 0 aliphatic carbocycles. The molecule has 1 aromatic carbocycles. The van der Waals surface area contributed by atoms with E-state index in [0.717, 1.165) is 0 Å². The zero-order valence-corrected chi connectivity index (χ0v) is 13.3. The van der Waals surface area contributed by atoms with Gasteiger partial charge in [0, 0.05) is 28.8 Å². The number of amides is 2. The van der Waals surface area contributed by atoms with E-state index < -0.39 is 10.8 Å². The molecule has 1 saturated heterocycles. The van der Waals surface area contributed by atoms with Crippen LogP contribution in [-0.4, -0.2) is 34.7 Å². The van der Waals surface area contributed by atoms with Crippen LogP contribution < -0.4 is 5.73 Å². The van der Waals surface area contributed by atoms with Gasteiger partial charge >= 0.3 is 0 Å². The van der Waals surface area contributed by atoms with Crippen LogP contribution in [0.15, 0.2) is 18.2 Å². The third-order valence-corrected chi connectivity index (χ3v) is 4.44. The molecule has 1 aromatic rings. The number of likely N-dealkylation sites (tertiary alicyclic amines) is 1. The smallest absolute Gasteiger partial charge is 0.270 e. The van der Waals surface area contributed by atoms with Crippen molar-refractivity contribution in [3.63, 3.8) is 0 Å². The summed E-state index contributed by atoms with van der Waals surface area (Å²) < 4.78 is 0.643. The van der Waals surface area contributed by atoms with Crippen molar-refractivity contribution in [2.24, 2.45) is 11.7 Å². The van der Waals surface area contributed by atoms with E-state index in [2.05, 4.69) is 0 Å². The number of carbonyl (C=O) groups is 2. The highest BCUT2D eigenvalue weighted by Gasteiger charge is 2.29. The Kier molecular flexibility index (Phi) is 4.76. The minimum absolute atomic E-state index is 0.123. The van der Waals surface area contributed by atoms with Crippen LogP contribution in [0.25, 0.3) is 0 Å². The molecule has 1 heterocycles. The number of nitrogens with zero attached hydrogens (tertiary/aromatic N) is 2. The number of non-ortho nitro benzene ring substituents is 1. The number of hydrogen-bond donors (Lipinski definition) is 1. The summed E-state index contributed by atoms with van der Waals surface area (Å²) in [5.74, 6) is -1.06. The fraction of sp³-hybridized carbons (Fsp3) is 0.385. The Bertz CT molecular complexity index is 605. The summed E-state index contributed by atoms with van der Waals surface area (Å²) in [6.45, 7) is 0.800. The highest BCUT2D eigenvalue weighted by molar-refractivity contribution is 14.1. The second kappa shape index (κ2) is 6.37. The second-order valence-corrected chi connectivity index (χ2v) is 6.08. The maximum absolute atomic E-state index is 12.5. The highest BCUT2D eigenvalue weighted by atomic mass is 127. The SMILES string of the molecule is NC(=O)C1CCCN(C(=O)c2cc([N+](=O)[O-])ccc2I)C1. The summed E-state index contributed by atoms with van der Waals surface area (Å²) in [6, 6.07) is 4.18. The van der Waals surface area contributed by atoms with E-state index in [0.29, 0.717) is 23.0 Å². The number of nitro groups is 1. The lowest BCUT2D eigenvalue weighted by Gasteiger charge is -2.31. The van der Waals surface area contributed by atoms with E-state index in [4.69, 9.17) is 5.73 Å². The van der Waals surface area contributed by atoms with Gasteiger partial charge in [0.1, 0.15) is 0 Å². The Balaban J connectivity index is 2.25. The molecule has 1 aliphatic heterocycles. The number of benzene rings is 1. The van der Waals surface area contributed by atoms with Gasteiger partial charge in [0.25, 0.3) is 11.6 Å². The van der Waals surface area contributed by atoms with Crippen LogP contribution in [0.3, 0.4) is 0 Å². The molecule has 2 N–H and O–H groups in total. The molecular formula is C13H14IN3O4. The molecule has 2 rings (SSSR count). The monoisotopic (exact) mass is 403 g/mol. The zero-order chi connectivity index (χ0) is 15.6. The Morgan fingerprint density at radius 2 is 2.14 bits per heavy atom. The summed E-state index contributed by atoms with van der Waals surface area (Å²) in [7, 11) is 0. The molecule has 0 saturated carbocycles. The van der Waals surface area contributed by atoms with Crippen LogP contribution >= 0.6 is 22.6 Å². The normalized spacial score (nSPS) is 18.3. The first-order valence-electron chi connectivity index (χ1n) is 6.42. The highest BCUT2D eigenvalue weighted by Crippen LogP contribution is 2.24. The van der Waals surface area contributed by atoms with Gasteiger partial charge in [-0.1, -0.05) is 0 Å². The Morgan fingerprint density at radius 3 is 2.76 bits per heavy atom. The summed E-state index contributed by atoms with van der Waals surface area (Å²) in [4.78, 5) is 35.6. The molecule has 1 fully saturated rings. The van der Waals surface area contributed by atoms with E-state index >= 15 is 0 Å². The first kappa shape index (κ1) is 15.7. The first-order chi connectivity index (χ1) is 9.90. The molecule has 0 radical (unpaired) electrons. The minimum atomic E-state index is -0.532. The lowest BCUT2D eigenvalue weighted by atomic mass is 9.97. The number of primary amides is 1. The number of halogens is 1. The van der Waals surface area contributed by atoms with Crippen molar-refractivity contribution in [2.45, 2.75) is 12.8 Å². The Hall–Kier alpha value is -1.71. The molecule has 0 aromatic heterocycles. The fourth-order valence-corrected chi connectivity index (χ4v) is 2.92. The van der Waals surface area contributed by atoms with Crippen molar-refractivity contribution in [2.75, 3.05) is 13.1 Å². The summed E-state index contributed by atoms with van der Waals surface area (Å²) in [6.07, 6.45) is 1.37. The average Bonchev–Trinajstić information content (AvgIpc) is 2.47. The van der Waals surface area contributed by atoms with Gasteiger partial charge in [0.2, 0.25) is 5.91 Å². The third kappa shape index (κ3) is 3.49. The van der Waals surface area contributed by atoms with Crippen molar-refractivity contribution in [1.82, 2.24) is 4.90 Å². The van der Waals surface area contributed by atoms with Gasteiger partial charge in [0.15, 0.2) is 0 Å². The topological polar surface area (TPSA) is 107 Å². The molecular weight excluding hydrogens is 389 g/mol. The predicted molar refractivity (Wildman–Crippen MR) is 83.6 cm³/mol. The number of nitrogens with two attached hydrogens (primary N) is 1. The van der Waals surface area contributed by atoms with Crippen LogP contribution in [-0.2, 0) is 4.79 Å². The van der Waals surface area contributed by atoms with Gasteiger partial charge in [-0.25, -0.2) is 0 Å². The van der Waals surface area contributed by atoms with E-state index in [1.54, 1.807) is 11.0 Å². The standard InChI is InChI=1S/C13H14IN3O4/c14-11-4-3-9(17(20)21)6-10(11)13(19)16-5-1-2-8(7-16)12(15)18/h3-4,6,8H,1-2,5,7H2,(H2,15,18). The molecule has 21 heavy (non-hydrogen) atoms. The number of hydrogen-bond acceptors (Lipinski definition) is 4. The van der Waals surface area contributed by atoms with Gasteiger partial charge in [-0.05, 0) is 41.5 Å². The van der Waals surface area contributed by atoms with Crippen molar-refractivity contribution in [1.29, 1.82) is 0 Å². The molecule has 8 heteroatoms. The van der Waals surface area contributed by atoms with Gasteiger partial charge in [0.05, 0.1) is 16.4 Å². The Labute approximate surface area is 134 Å². The van der Waals surface area contributed by atoms with Gasteiger partial charge in [-0.15, -0.1) is 0 Å². The van der Waals surface area contributed by atoms with Crippen LogP contribution in [0.2, 0.25) is 0 Å². The first-order valence-corrected chi connectivity index (χ1v) is 7.50. The molecule has 112 valence electrons. The number of nitro benzene ring substituents is 1. The largest absolute Gasteiger partial charge is 0.369 e. The molecule has 2 amide bonds. The van der Waals surface area contributed by atoms with Crippen molar-refractivity contribution in [3.05, 3.63) is 37.4 Å². The molecule has 7 nitrogen and oxygen atoms in total. The summed E-state index contributed by atoms with van der Waals surface area (Å²) in [5, 5.41) is 10.8. The minimum Gasteiger partial charge on any atom is -0.369 e. The van der Waals surface area contributed by atoms with Crippen LogP contribution in [0.4, 0.5) is 5.69 Å². The lowest BCUT2D eigenvalue weighted by molar-refractivity contribution is -0.384. The lowest BCUT2D eigenvalue weighted by Crippen LogP contribution is -2.44. The Morgan fingerprint density at radius 1 is 1.43 bits per heavy atom. The average molecular weight is 403 g/mol. The van der Waals surface area contributed by atoms with Gasteiger partial charge < -0.3 is 10.6 Å². The maximum Gasteiger partial charge on any atom is 0.270 e. The quantitative estimate of drug-likeness (QED) is 0.469.